The third-order valence-electron chi connectivity index (χ3n) is 4.68. The Morgan fingerprint density at radius 3 is 2.79 bits per heavy atom. The number of aromatic nitrogens is 2. The lowest BCUT2D eigenvalue weighted by Crippen LogP contribution is -2.32. The summed E-state index contributed by atoms with van der Waals surface area (Å²) in [5, 5.41) is 22.0. The molecule has 0 spiro atoms. The molecule has 1 unspecified atom stereocenters. The van der Waals surface area contributed by atoms with E-state index in [9.17, 15) is 19.8 Å². The fraction of sp³-hybridized carbons (Fsp3) is 0.350. The number of hydrogen-bond acceptors (Lipinski definition) is 7. The van der Waals surface area contributed by atoms with Gasteiger partial charge in [-0.1, -0.05) is 6.07 Å². The SMILES string of the molecule is Cc1sc2nc(CSC(C)C(=O)NCCc3ccc(O)c(O)c3)[nH]c(=O)c2c1C. The first-order valence-electron chi connectivity index (χ1n) is 9.15. The number of aromatic amines is 1. The van der Waals surface area contributed by atoms with Gasteiger partial charge in [-0.15, -0.1) is 23.1 Å². The molecule has 2 aromatic heterocycles. The molecule has 3 aromatic rings. The Morgan fingerprint density at radius 2 is 2.07 bits per heavy atom. The number of carbonyl (C=O) groups is 1. The van der Waals surface area contributed by atoms with Gasteiger partial charge in [-0.2, -0.15) is 0 Å². The summed E-state index contributed by atoms with van der Waals surface area (Å²) in [6, 6.07) is 4.60. The van der Waals surface area contributed by atoms with Gasteiger partial charge in [0.25, 0.3) is 5.56 Å². The first-order valence-corrected chi connectivity index (χ1v) is 11.0. The predicted molar refractivity (Wildman–Crippen MR) is 117 cm³/mol. The van der Waals surface area contributed by atoms with E-state index in [2.05, 4.69) is 15.3 Å². The van der Waals surface area contributed by atoms with Crippen molar-refractivity contribution in [3.8, 4) is 11.5 Å². The molecule has 0 aliphatic carbocycles. The normalized spacial score (nSPS) is 12.2. The van der Waals surface area contributed by atoms with Crippen molar-refractivity contribution in [2.24, 2.45) is 0 Å². The molecule has 29 heavy (non-hydrogen) atoms. The summed E-state index contributed by atoms with van der Waals surface area (Å²) in [6.45, 7) is 6.12. The van der Waals surface area contributed by atoms with E-state index in [0.29, 0.717) is 29.9 Å². The number of aryl methyl sites for hydroxylation is 2. The minimum atomic E-state index is -0.309. The van der Waals surface area contributed by atoms with Crippen LogP contribution in [-0.2, 0) is 17.0 Å². The van der Waals surface area contributed by atoms with Crippen molar-refractivity contribution in [3.05, 3.63) is 50.4 Å². The van der Waals surface area contributed by atoms with Crippen LogP contribution >= 0.6 is 23.1 Å². The highest BCUT2D eigenvalue weighted by molar-refractivity contribution is 7.99. The van der Waals surface area contributed by atoms with Gasteiger partial charge in [-0.05, 0) is 50.5 Å². The number of phenols is 2. The number of benzene rings is 1. The fourth-order valence-electron chi connectivity index (χ4n) is 2.85. The van der Waals surface area contributed by atoms with Crippen molar-refractivity contribution >= 4 is 39.2 Å². The van der Waals surface area contributed by atoms with Gasteiger partial charge in [0.2, 0.25) is 5.91 Å². The van der Waals surface area contributed by atoms with Crippen LogP contribution in [0.3, 0.4) is 0 Å². The zero-order chi connectivity index (χ0) is 21.1. The summed E-state index contributed by atoms with van der Waals surface area (Å²) in [7, 11) is 0. The lowest BCUT2D eigenvalue weighted by molar-refractivity contribution is -0.120. The molecule has 2 heterocycles. The Labute approximate surface area is 176 Å². The smallest absolute Gasteiger partial charge is 0.259 e. The van der Waals surface area contributed by atoms with E-state index in [1.165, 1.54) is 35.2 Å². The van der Waals surface area contributed by atoms with Crippen LogP contribution in [0.1, 0.15) is 28.8 Å². The minimum Gasteiger partial charge on any atom is -0.504 e. The molecule has 0 aliphatic heterocycles. The molecule has 0 bridgehead atoms. The zero-order valence-corrected chi connectivity index (χ0v) is 18.0. The second kappa shape index (κ2) is 8.87. The van der Waals surface area contributed by atoms with E-state index in [0.717, 1.165) is 20.8 Å². The maximum absolute atomic E-state index is 12.3. The van der Waals surface area contributed by atoms with Crippen LogP contribution in [0.2, 0.25) is 0 Å². The molecule has 9 heteroatoms. The zero-order valence-electron chi connectivity index (χ0n) is 16.4. The van der Waals surface area contributed by atoms with Crippen LogP contribution in [0.15, 0.2) is 23.0 Å². The number of rotatable bonds is 7. The Hall–Kier alpha value is -2.52. The number of hydrogen-bond donors (Lipinski definition) is 4. The molecule has 0 saturated carbocycles. The highest BCUT2D eigenvalue weighted by atomic mass is 32.2. The lowest BCUT2D eigenvalue weighted by Gasteiger charge is -2.12. The summed E-state index contributed by atoms with van der Waals surface area (Å²) in [6.07, 6.45) is 0.541. The monoisotopic (exact) mass is 433 g/mol. The van der Waals surface area contributed by atoms with Gasteiger partial charge < -0.3 is 20.5 Å². The Balaban J connectivity index is 1.52. The topological polar surface area (TPSA) is 115 Å². The van der Waals surface area contributed by atoms with Gasteiger partial charge in [-0.25, -0.2) is 4.98 Å². The molecule has 0 aliphatic rings. The Bertz CT molecular complexity index is 1110. The first-order chi connectivity index (χ1) is 13.8. The minimum absolute atomic E-state index is 0.107. The fourth-order valence-corrected chi connectivity index (χ4v) is 4.67. The van der Waals surface area contributed by atoms with Crippen molar-refractivity contribution in [2.75, 3.05) is 6.54 Å². The summed E-state index contributed by atoms with van der Waals surface area (Å²) < 4.78 is 0. The summed E-state index contributed by atoms with van der Waals surface area (Å²) in [5.41, 5.74) is 1.65. The molecule has 1 atom stereocenters. The number of fused-ring (bicyclic) bond motifs is 1. The standard InChI is InChI=1S/C20H23N3O4S2/c1-10-11(2)29-20-17(10)19(27)22-16(23-20)9-28-12(3)18(26)21-7-6-13-4-5-14(24)15(25)8-13/h4-5,8,12,24-25H,6-7,9H2,1-3H3,(H,21,26)(H,22,23,27). The quantitative estimate of drug-likeness (QED) is 0.426. The van der Waals surface area contributed by atoms with Crippen molar-refractivity contribution in [1.82, 2.24) is 15.3 Å². The van der Waals surface area contributed by atoms with Crippen LogP contribution in [0.4, 0.5) is 0 Å². The second-order valence-corrected chi connectivity index (χ2v) is 9.33. The number of thioether (sulfide) groups is 1. The molecule has 0 fully saturated rings. The van der Waals surface area contributed by atoms with Gasteiger partial charge in [0, 0.05) is 11.4 Å². The van der Waals surface area contributed by atoms with Gasteiger partial charge in [0.05, 0.1) is 16.4 Å². The number of aromatic hydroxyl groups is 2. The van der Waals surface area contributed by atoms with Crippen molar-refractivity contribution < 1.29 is 15.0 Å². The van der Waals surface area contributed by atoms with Crippen LogP contribution in [0.5, 0.6) is 11.5 Å². The number of thiophene rings is 1. The second-order valence-electron chi connectivity index (χ2n) is 6.79. The van der Waals surface area contributed by atoms with Crippen molar-refractivity contribution in [1.29, 1.82) is 0 Å². The van der Waals surface area contributed by atoms with Gasteiger partial charge >= 0.3 is 0 Å². The molecule has 7 nitrogen and oxygen atoms in total. The third kappa shape index (κ3) is 4.91. The Morgan fingerprint density at radius 1 is 1.31 bits per heavy atom. The molecule has 0 saturated heterocycles. The molecule has 0 radical (unpaired) electrons. The molecule has 3 rings (SSSR count). The summed E-state index contributed by atoms with van der Waals surface area (Å²) in [4.78, 5) is 33.8. The molecule has 1 aromatic carbocycles. The third-order valence-corrected chi connectivity index (χ3v) is 6.94. The number of H-pyrrole nitrogens is 1. The number of nitrogens with zero attached hydrogens (tertiary/aromatic N) is 1. The first kappa shape index (κ1) is 21.2. The van der Waals surface area contributed by atoms with E-state index < -0.39 is 0 Å². The largest absolute Gasteiger partial charge is 0.504 e. The van der Waals surface area contributed by atoms with Gasteiger partial charge in [0.1, 0.15) is 10.7 Å². The summed E-state index contributed by atoms with van der Waals surface area (Å²) in [5.74, 6) is 0.548. The van der Waals surface area contributed by atoms with Crippen molar-refractivity contribution in [2.45, 2.75) is 38.2 Å². The number of carbonyl (C=O) groups excluding carboxylic acids is 1. The van der Waals surface area contributed by atoms with E-state index in [-0.39, 0.29) is 28.2 Å². The molecular weight excluding hydrogens is 410 g/mol. The molecule has 154 valence electrons. The van der Waals surface area contributed by atoms with Crippen LogP contribution in [-0.4, -0.2) is 37.9 Å². The average molecular weight is 434 g/mol. The molecule has 1 amide bonds. The maximum Gasteiger partial charge on any atom is 0.259 e. The number of nitrogens with one attached hydrogen (secondary N) is 2. The average Bonchev–Trinajstić information content (AvgIpc) is 2.96. The predicted octanol–water partition coefficient (Wildman–Crippen LogP) is 2.99. The van der Waals surface area contributed by atoms with E-state index >= 15 is 0 Å². The van der Waals surface area contributed by atoms with Crippen LogP contribution in [0, 0.1) is 13.8 Å². The van der Waals surface area contributed by atoms with Gasteiger partial charge in [0.15, 0.2) is 11.5 Å². The van der Waals surface area contributed by atoms with Crippen molar-refractivity contribution in [3.63, 3.8) is 0 Å². The lowest BCUT2D eigenvalue weighted by atomic mass is 10.1. The highest BCUT2D eigenvalue weighted by Crippen LogP contribution is 2.27. The van der Waals surface area contributed by atoms with E-state index in [1.807, 2.05) is 20.8 Å². The van der Waals surface area contributed by atoms with Crippen LogP contribution in [0.25, 0.3) is 10.2 Å². The van der Waals surface area contributed by atoms with Crippen LogP contribution < -0.4 is 10.9 Å². The van der Waals surface area contributed by atoms with E-state index in [4.69, 9.17) is 0 Å². The molecular formula is C20H23N3O4S2. The number of phenolic OH excluding ortho intramolecular Hbond substituents is 2. The Kier molecular flexibility index (Phi) is 6.49. The highest BCUT2D eigenvalue weighted by Gasteiger charge is 2.16. The maximum atomic E-state index is 12.3. The van der Waals surface area contributed by atoms with Gasteiger partial charge in [-0.3, -0.25) is 9.59 Å². The summed E-state index contributed by atoms with van der Waals surface area (Å²) >= 11 is 2.91. The molecule has 4 N–H and O–H groups in total. The van der Waals surface area contributed by atoms with E-state index in [1.54, 1.807) is 6.07 Å². The number of amides is 1.